The fourth-order valence-electron chi connectivity index (χ4n) is 1.25. The molecule has 0 fully saturated rings. The zero-order chi connectivity index (χ0) is 10.8. The molecule has 0 atom stereocenters. The molecule has 0 bridgehead atoms. The van der Waals surface area contributed by atoms with Gasteiger partial charge < -0.3 is 10.2 Å². The highest BCUT2D eigenvalue weighted by atomic mass is 79.9. The van der Waals surface area contributed by atoms with Crippen LogP contribution in [0.25, 0.3) is 11.3 Å². The first-order chi connectivity index (χ1) is 7.16. The number of rotatable bonds is 2. The minimum atomic E-state index is -0.0571. The lowest BCUT2D eigenvalue weighted by atomic mass is 10.2. The Balaban J connectivity index is 2.37. The number of nitrogens with one attached hydrogen (secondary N) is 1. The smallest absolute Gasteiger partial charge is 0.168 e. The summed E-state index contributed by atoms with van der Waals surface area (Å²) in [7, 11) is 0. The lowest BCUT2D eigenvalue weighted by molar-refractivity contribution is 0.571. The molecule has 0 saturated carbocycles. The third kappa shape index (κ3) is 2.10. The van der Waals surface area contributed by atoms with Gasteiger partial charge in [0.2, 0.25) is 0 Å². The van der Waals surface area contributed by atoms with E-state index < -0.39 is 0 Å². The largest absolute Gasteiger partial charge is 0.453 e. The van der Waals surface area contributed by atoms with E-state index in [0.717, 1.165) is 10.0 Å². The van der Waals surface area contributed by atoms with Gasteiger partial charge in [-0.3, -0.25) is 5.41 Å². The second kappa shape index (κ2) is 3.90. The molecule has 15 heavy (non-hydrogen) atoms. The molecular weight excluding hydrogens is 256 g/mol. The van der Waals surface area contributed by atoms with Gasteiger partial charge in [-0.15, -0.1) is 0 Å². The fourth-order valence-corrected chi connectivity index (χ4v) is 1.52. The number of benzene rings is 1. The van der Waals surface area contributed by atoms with Crippen molar-refractivity contribution in [1.82, 2.24) is 0 Å². The van der Waals surface area contributed by atoms with Crippen LogP contribution in [0, 0.1) is 5.41 Å². The number of halogens is 1. The predicted octanol–water partition coefficient (Wildman–Crippen LogP) is 2.99. The molecule has 0 radical (unpaired) electrons. The van der Waals surface area contributed by atoms with Crippen LogP contribution in [0.15, 0.2) is 45.3 Å². The van der Waals surface area contributed by atoms with Crippen LogP contribution in [0.4, 0.5) is 0 Å². The number of amidine groups is 1. The minimum Gasteiger partial charge on any atom is -0.453 e. The van der Waals surface area contributed by atoms with Crippen LogP contribution in [0.2, 0.25) is 0 Å². The van der Waals surface area contributed by atoms with Crippen molar-refractivity contribution in [3.05, 3.63) is 46.6 Å². The molecular formula is C11H9BrN2O. The van der Waals surface area contributed by atoms with E-state index in [1.165, 1.54) is 0 Å². The summed E-state index contributed by atoms with van der Waals surface area (Å²) in [6.45, 7) is 0. The molecule has 2 aromatic rings. The molecule has 3 N–H and O–H groups in total. The van der Waals surface area contributed by atoms with Crippen LogP contribution in [0.3, 0.4) is 0 Å². The maximum atomic E-state index is 7.22. The third-order valence-corrected chi connectivity index (χ3v) is 2.53. The summed E-state index contributed by atoms with van der Waals surface area (Å²) >= 11 is 3.36. The molecule has 1 aromatic carbocycles. The third-order valence-electron chi connectivity index (χ3n) is 2.00. The molecule has 76 valence electrons. The average molecular weight is 265 g/mol. The monoisotopic (exact) mass is 264 g/mol. The zero-order valence-electron chi connectivity index (χ0n) is 7.83. The van der Waals surface area contributed by atoms with Gasteiger partial charge in [-0.05, 0) is 24.3 Å². The summed E-state index contributed by atoms with van der Waals surface area (Å²) in [6.07, 6.45) is 0. The van der Waals surface area contributed by atoms with E-state index >= 15 is 0 Å². The molecule has 3 nitrogen and oxygen atoms in total. The Morgan fingerprint density at radius 1 is 1.13 bits per heavy atom. The Kier molecular flexibility index (Phi) is 2.60. The predicted molar refractivity (Wildman–Crippen MR) is 62.9 cm³/mol. The summed E-state index contributed by atoms with van der Waals surface area (Å²) < 4.78 is 6.42. The first kappa shape index (κ1) is 9.98. The molecule has 0 saturated heterocycles. The fraction of sp³-hybridized carbons (Fsp3) is 0. The molecule has 0 aliphatic rings. The van der Waals surface area contributed by atoms with Gasteiger partial charge in [0.1, 0.15) is 5.76 Å². The van der Waals surface area contributed by atoms with Crippen molar-refractivity contribution in [1.29, 1.82) is 5.41 Å². The van der Waals surface area contributed by atoms with Gasteiger partial charge >= 0.3 is 0 Å². The Morgan fingerprint density at radius 2 is 1.80 bits per heavy atom. The summed E-state index contributed by atoms with van der Waals surface area (Å²) in [4.78, 5) is 0. The summed E-state index contributed by atoms with van der Waals surface area (Å²) in [5, 5.41) is 7.22. The molecule has 1 heterocycles. The van der Waals surface area contributed by atoms with E-state index in [1.54, 1.807) is 12.1 Å². The van der Waals surface area contributed by atoms with E-state index in [9.17, 15) is 0 Å². The maximum Gasteiger partial charge on any atom is 0.168 e. The van der Waals surface area contributed by atoms with E-state index in [0.29, 0.717) is 11.5 Å². The summed E-state index contributed by atoms with van der Waals surface area (Å²) in [5.41, 5.74) is 6.27. The van der Waals surface area contributed by atoms with Gasteiger partial charge in [-0.25, -0.2) is 0 Å². The minimum absolute atomic E-state index is 0.0571. The van der Waals surface area contributed by atoms with Crippen molar-refractivity contribution in [2.45, 2.75) is 0 Å². The van der Waals surface area contributed by atoms with Gasteiger partial charge in [-0.2, -0.15) is 0 Å². The van der Waals surface area contributed by atoms with Gasteiger partial charge in [-0.1, -0.05) is 28.1 Å². The molecule has 2 rings (SSSR count). The maximum absolute atomic E-state index is 7.22. The average Bonchev–Trinajstić information content (AvgIpc) is 2.68. The number of hydrogen-bond donors (Lipinski definition) is 2. The van der Waals surface area contributed by atoms with Gasteiger partial charge in [0.15, 0.2) is 11.6 Å². The van der Waals surface area contributed by atoms with Crippen molar-refractivity contribution in [3.8, 4) is 11.3 Å². The molecule has 0 spiro atoms. The summed E-state index contributed by atoms with van der Waals surface area (Å²) in [5.74, 6) is 1.05. The van der Waals surface area contributed by atoms with Gasteiger partial charge in [0.25, 0.3) is 0 Å². The van der Waals surface area contributed by atoms with Crippen molar-refractivity contribution in [3.63, 3.8) is 0 Å². The highest BCUT2D eigenvalue weighted by molar-refractivity contribution is 9.10. The highest BCUT2D eigenvalue weighted by Gasteiger charge is 2.05. The highest BCUT2D eigenvalue weighted by Crippen LogP contribution is 2.23. The molecule has 0 aliphatic carbocycles. The molecule has 0 unspecified atom stereocenters. The van der Waals surface area contributed by atoms with E-state index in [4.69, 9.17) is 15.6 Å². The first-order valence-electron chi connectivity index (χ1n) is 4.37. The standard InChI is InChI=1S/C11H9BrN2O/c12-8-3-1-7(2-4-8)9-5-6-10(15-9)11(13)14/h1-6H,(H3,13,14). The van der Waals surface area contributed by atoms with Crippen molar-refractivity contribution >= 4 is 21.8 Å². The number of hydrogen-bond acceptors (Lipinski definition) is 2. The first-order valence-corrected chi connectivity index (χ1v) is 5.16. The van der Waals surface area contributed by atoms with Crippen LogP contribution in [-0.4, -0.2) is 5.84 Å². The normalized spacial score (nSPS) is 10.2. The van der Waals surface area contributed by atoms with Gasteiger partial charge in [0, 0.05) is 10.0 Å². The second-order valence-corrected chi connectivity index (χ2v) is 4.00. The van der Waals surface area contributed by atoms with Crippen LogP contribution in [-0.2, 0) is 0 Å². The zero-order valence-corrected chi connectivity index (χ0v) is 9.41. The SMILES string of the molecule is N=C(N)c1ccc(-c2ccc(Br)cc2)o1. The molecule has 1 aromatic heterocycles. The van der Waals surface area contributed by atoms with Crippen LogP contribution >= 0.6 is 15.9 Å². The van der Waals surface area contributed by atoms with Crippen LogP contribution in [0.5, 0.6) is 0 Å². The van der Waals surface area contributed by atoms with Crippen molar-refractivity contribution in [2.75, 3.05) is 0 Å². The molecule has 0 aliphatic heterocycles. The van der Waals surface area contributed by atoms with Crippen molar-refractivity contribution < 1.29 is 4.42 Å². The van der Waals surface area contributed by atoms with Crippen LogP contribution < -0.4 is 5.73 Å². The van der Waals surface area contributed by atoms with Gasteiger partial charge in [0.05, 0.1) is 0 Å². The van der Waals surface area contributed by atoms with Crippen LogP contribution in [0.1, 0.15) is 5.76 Å². The Morgan fingerprint density at radius 3 is 2.33 bits per heavy atom. The lowest BCUT2D eigenvalue weighted by Gasteiger charge is -1.97. The molecule has 4 heteroatoms. The Bertz CT molecular complexity index is 488. The number of nitrogen functional groups attached to an aromatic ring is 1. The van der Waals surface area contributed by atoms with E-state index in [-0.39, 0.29) is 5.84 Å². The van der Waals surface area contributed by atoms with E-state index in [2.05, 4.69) is 15.9 Å². The topological polar surface area (TPSA) is 63.0 Å². The molecule has 0 amide bonds. The number of nitrogens with two attached hydrogens (primary N) is 1. The Labute approximate surface area is 95.5 Å². The Hall–Kier alpha value is -1.55. The summed E-state index contributed by atoms with van der Waals surface area (Å²) in [6, 6.07) is 11.2. The number of furan rings is 1. The van der Waals surface area contributed by atoms with Crippen molar-refractivity contribution in [2.24, 2.45) is 5.73 Å². The van der Waals surface area contributed by atoms with E-state index in [1.807, 2.05) is 24.3 Å². The quantitative estimate of drug-likeness (QED) is 0.647. The second-order valence-electron chi connectivity index (χ2n) is 3.08. The lowest BCUT2D eigenvalue weighted by Crippen LogP contribution is -2.09.